The van der Waals surface area contributed by atoms with Crippen molar-refractivity contribution in [3.8, 4) is 11.5 Å². The third-order valence-corrected chi connectivity index (χ3v) is 8.04. The third-order valence-electron chi connectivity index (χ3n) is 8.04. The number of aromatic nitrogens is 5. The van der Waals surface area contributed by atoms with E-state index in [0.29, 0.717) is 39.8 Å². The molecule has 0 saturated carbocycles. The number of aryl methyl sites for hydroxylation is 1. The first-order valence-corrected chi connectivity index (χ1v) is 14.2. The van der Waals surface area contributed by atoms with Gasteiger partial charge in [-0.05, 0) is 49.6 Å². The van der Waals surface area contributed by atoms with Gasteiger partial charge in [0.25, 0.3) is 0 Å². The molecular formula is C32H29FN8O4. The lowest BCUT2D eigenvalue weighted by atomic mass is 9.77. The molecule has 0 saturated heterocycles. The molecule has 6 rings (SSSR count). The number of hydrogen-bond acceptors (Lipinski definition) is 8. The maximum Gasteiger partial charge on any atom is 0.325 e. The molecule has 5 N–H and O–H groups in total. The van der Waals surface area contributed by atoms with E-state index in [0.717, 1.165) is 5.56 Å². The number of carbonyl (C=O) groups excluding carboxylic acids is 2. The molecule has 2 amide bonds. The summed E-state index contributed by atoms with van der Waals surface area (Å²) >= 11 is 0. The van der Waals surface area contributed by atoms with Crippen molar-refractivity contribution in [2.24, 2.45) is 0 Å². The highest BCUT2D eigenvalue weighted by molar-refractivity contribution is 6.09. The van der Waals surface area contributed by atoms with Crippen LogP contribution in [0.3, 0.4) is 0 Å². The minimum absolute atomic E-state index is 0.102. The minimum atomic E-state index is -1.20. The van der Waals surface area contributed by atoms with Gasteiger partial charge >= 0.3 is 5.97 Å². The van der Waals surface area contributed by atoms with Crippen molar-refractivity contribution in [2.75, 3.05) is 11.1 Å². The van der Waals surface area contributed by atoms with Crippen molar-refractivity contribution >= 4 is 40.5 Å². The molecule has 1 aliphatic rings. The number of fused-ring (bicyclic) bond motifs is 2. The Morgan fingerprint density at radius 1 is 1.11 bits per heavy atom. The molecule has 0 aliphatic carbocycles. The average Bonchev–Trinajstić information content (AvgIpc) is 3.52. The lowest BCUT2D eigenvalue weighted by Crippen LogP contribution is -2.38. The Balaban J connectivity index is 1.29. The summed E-state index contributed by atoms with van der Waals surface area (Å²) in [6.07, 6.45) is 2.12. The van der Waals surface area contributed by atoms with Crippen LogP contribution in [0.15, 0.2) is 66.9 Å². The Morgan fingerprint density at radius 3 is 2.60 bits per heavy atom. The van der Waals surface area contributed by atoms with Crippen LogP contribution in [0.2, 0.25) is 0 Å². The maximum absolute atomic E-state index is 14.4. The van der Waals surface area contributed by atoms with Crippen LogP contribution in [0.1, 0.15) is 42.5 Å². The number of amides is 2. The Morgan fingerprint density at radius 2 is 1.87 bits per heavy atom. The van der Waals surface area contributed by atoms with Crippen molar-refractivity contribution in [3.63, 3.8) is 0 Å². The van der Waals surface area contributed by atoms with Gasteiger partial charge in [0.05, 0.1) is 17.5 Å². The fourth-order valence-electron chi connectivity index (χ4n) is 5.50. The fourth-order valence-corrected chi connectivity index (χ4v) is 5.50. The number of carboxylic acids is 1. The van der Waals surface area contributed by atoms with Gasteiger partial charge in [-0.25, -0.2) is 24.0 Å². The molecule has 1 unspecified atom stereocenters. The molecule has 2 atom stereocenters. The molecule has 0 radical (unpaired) electrons. The molecule has 5 aromatic rings. The van der Waals surface area contributed by atoms with E-state index in [9.17, 15) is 18.8 Å². The van der Waals surface area contributed by atoms with E-state index >= 15 is 0 Å². The van der Waals surface area contributed by atoms with Crippen LogP contribution in [-0.2, 0) is 32.8 Å². The molecule has 3 aromatic heterocycles. The van der Waals surface area contributed by atoms with Crippen molar-refractivity contribution < 1.29 is 23.9 Å². The summed E-state index contributed by atoms with van der Waals surface area (Å²) in [4.78, 5) is 50.2. The molecule has 1 aliphatic heterocycles. The van der Waals surface area contributed by atoms with Crippen LogP contribution < -0.4 is 16.4 Å². The number of nitrogens with two attached hydrogens (primary N) is 1. The summed E-state index contributed by atoms with van der Waals surface area (Å²) in [5.41, 5.74) is 8.59. The highest BCUT2D eigenvalue weighted by atomic mass is 19.1. The zero-order chi connectivity index (χ0) is 31.9. The van der Waals surface area contributed by atoms with E-state index in [1.807, 2.05) is 18.2 Å². The largest absolute Gasteiger partial charge is 0.480 e. The normalized spacial score (nSPS) is 16.3. The van der Waals surface area contributed by atoms with Gasteiger partial charge in [0.15, 0.2) is 11.5 Å². The van der Waals surface area contributed by atoms with Gasteiger partial charge in [0.1, 0.15) is 34.6 Å². The predicted molar refractivity (Wildman–Crippen MR) is 164 cm³/mol. The van der Waals surface area contributed by atoms with Crippen LogP contribution in [0.25, 0.3) is 22.6 Å². The Kier molecular flexibility index (Phi) is 7.44. The number of aliphatic carboxylic acids is 1. The number of carboxylic acid groups (broad SMARTS) is 1. The highest BCUT2D eigenvalue weighted by Gasteiger charge is 2.47. The molecule has 13 heteroatoms. The Bertz CT molecular complexity index is 1980. The SMILES string of the molecule is CC(NC(=O)CCc1ccc([C@]2(C)C(=O)Nc3nc(-c4nn(Cc5ccccc5F)c5ncccc45)nc(N)c32)cc1)C(=O)O. The number of rotatable bonds is 9. The van der Waals surface area contributed by atoms with Gasteiger partial charge in [-0.3, -0.25) is 14.4 Å². The first kappa shape index (κ1) is 29.4. The second kappa shape index (κ2) is 11.4. The summed E-state index contributed by atoms with van der Waals surface area (Å²) in [5, 5.41) is 19.6. The molecular weight excluding hydrogens is 579 g/mol. The zero-order valence-corrected chi connectivity index (χ0v) is 24.4. The van der Waals surface area contributed by atoms with E-state index in [4.69, 9.17) is 10.8 Å². The topological polar surface area (TPSA) is 178 Å². The number of benzene rings is 2. The van der Waals surface area contributed by atoms with Crippen molar-refractivity contribution in [1.82, 2.24) is 30.0 Å². The second-order valence-corrected chi connectivity index (χ2v) is 11.0. The quantitative estimate of drug-likeness (QED) is 0.195. The van der Waals surface area contributed by atoms with Gasteiger partial charge in [0.2, 0.25) is 11.8 Å². The van der Waals surface area contributed by atoms with Gasteiger partial charge in [-0.15, -0.1) is 0 Å². The van der Waals surface area contributed by atoms with Gasteiger partial charge in [0, 0.05) is 18.2 Å². The van der Waals surface area contributed by atoms with Crippen LogP contribution in [-0.4, -0.2) is 53.7 Å². The minimum Gasteiger partial charge on any atom is -0.480 e. The number of carbonyl (C=O) groups is 3. The van der Waals surface area contributed by atoms with E-state index < -0.39 is 17.4 Å². The average molecular weight is 609 g/mol. The van der Waals surface area contributed by atoms with Gasteiger partial charge in [-0.2, -0.15) is 5.10 Å². The summed E-state index contributed by atoms with van der Waals surface area (Å²) in [5.74, 6) is -1.61. The van der Waals surface area contributed by atoms with Gasteiger partial charge in [-0.1, -0.05) is 42.5 Å². The van der Waals surface area contributed by atoms with Crippen LogP contribution >= 0.6 is 0 Å². The lowest BCUT2D eigenvalue weighted by molar-refractivity contribution is -0.141. The molecule has 0 bridgehead atoms. The lowest BCUT2D eigenvalue weighted by Gasteiger charge is -2.23. The van der Waals surface area contributed by atoms with E-state index in [-0.39, 0.29) is 48.1 Å². The number of hydrogen-bond donors (Lipinski definition) is 4. The van der Waals surface area contributed by atoms with Crippen molar-refractivity contribution in [1.29, 1.82) is 0 Å². The first-order valence-electron chi connectivity index (χ1n) is 14.2. The monoisotopic (exact) mass is 608 g/mol. The summed E-state index contributed by atoms with van der Waals surface area (Å²) in [6.45, 7) is 3.28. The Hall–Kier alpha value is -5.72. The zero-order valence-electron chi connectivity index (χ0n) is 24.4. The summed E-state index contributed by atoms with van der Waals surface area (Å²) in [6, 6.07) is 16.2. The van der Waals surface area contributed by atoms with Gasteiger partial charge < -0.3 is 21.5 Å². The second-order valence-electron chi connectivity index (χ2n) is 11.0. The predicted octanol–water partition coefficient (Wildman–Crippen LogP) is 3.44. The van der Waals surface area contributed by atoms with Crippen molar-refractivity contribution in [2.45, 2.75) is 44.7 Å². The summed E-state index contributed by atoms with van der Waals surface area (Å²) < 4.78 is 16.0. The standard InChI is InChI=1S/C32H29FN8O4/c1-17(30(43)44)36-23(42)14-11-18-9-12-20(13-10-18)32(2)24-26(34)37-28(38-27(24)39-31(32)45)25-21-7-5-15-35-29(21)41(40-25)16-19-6-3-4-8-22(19)33/h3-10,12-13,15,17H,11,14,16H2,1-2H3,(H,36,42)(H,43,44)(H3,34,37,38,39,45)/t17?,32-/m0/s1. The summed E-state index contributed by atoms with van der Waals surface area (Å²) in [7, 11) is 0. The fraction of sp³-hybridized carbons (Fsp3) is 0.219. The molecule has 12 nitrogen and oxygen atoms in total. The molecule has 0 spiro atoms. The van der Waals surface area contributed by atoms with Crippen molar-refractivity contribution in [3.05, 3.63) is 94.9 Å². The molecule has 4 heterocycles. The smallest absolute Gasteiger partial charge is 0.325 e. The Labute approximate surface area is 256 Å². The third kappa shape index (κ3) is 5.32. The van der Waals surface area contributed by atoms with E-state index in [2.05, 4.69) is 30.7 Å². The van der Waals surface area contributed by atoms with Crippen LogP contribution in [0.5, 0.6) is 0 Å². The number of halogens is 1. The molecule has 228 valence electrons. The number of anilines is 2. The van der Waals surface area contributed by atoms with Crippen LogP contribution in [0.4, 0.5) is 16.0 Å². The number of nitrogens with zero attached hydrogens (tertiary/aromatic N) is 5. The molecule has 2 aromatic carbocycles. The number of nitrogen functional groups attached to an aromatic ring is 1. The number of nitrogens with one attached hydrogen (secondary N) is 2. The van der Waals surface area contributed by atoms with E-state index in [1.165, 1.54) is 13.0 Å². The number of pyridine rings is 1. The highest BCUT2D eigenvalue weighted by Crippen LogP contribution is 2.45. The molecule has 0 fully saturated rings. The first-order chi connectivity index (χ1) is 21.6. The maximum atomic E-state index is 14.4. The van der Waals surface area contributed by atoms with Crippen LogP contribution in [0, 0.1) is 5.82 Å². The molecule has 45 heavy (non-hydrogen) atoms. The van der Waals surface area contributed by atoms with E-state index in [1.54, 1.807) is 54.2 Å².